The van der Waals surface area contributed by atoms with E-state index < -0.39 is 0 Å². The van der Waals surface area contributed by atoms with Crippen LogP contribution in [0.3, 0.4) is 0 Å². The zero-order chi connectivity index (χ0) is 14.8. The number of halogens is 2. The zero-order valence-corrected chi connectivity index (χ0v) is 13.6. The van der Waals surface area contributed by atoms with E-state index in [4.69, 9.17) is 23.2 Å². The molecule has 3 rings (SSSR count). The predicted molar refractivity (Wildman–Crippen MR) is 90.4 cm³/mol. The van der Waals surface area contributed by atoms with Gasteiger partial charge in [-0.2, -0.15) is 0 Å². The molecule has 0 radical (unpaired) electrons. The molecule has 0 fully saturated rings. The lowest BCUT2D eigenvalue weighted by molar-refractivity contribution is 0.454. The van der Waals surface area contributed by atoms with Gasteiger partial charge in [-0.05, 0) is 67.1 Å². The Morgan fingerprint density at radius 3 is 2.62 bits per heavy atom. The van der Waals surface area contributed by atoms with Crippen LogP contribution in [0.15, 0.2) is 42.5 Å². The van der Waals surface area contributed by atoms with Crippen LogP contribution in [-0.4, -0.2) is 12.1 Å². The first kappa shape index (κ1) is 14.9. The molecule has 2 unspecified atom stereocenters. The summed E-state index contributed by atoms with van der Waals surface area (Å²) in [5.74, 6) is 0. The molecule has 21 heavy (non-hydrogen) atoms. The van der Waals surface area contributed by atoms with Crippen LogP contribution < -0.4 is 5.32 Å². The van der Waals surface area contributed by atoms with Gasteiger partial charge in [0.2, 0.25) is 0 Å². The number of nitrogens with one attached hydrogen (secondary N) is 1. The highest BCUT2D eigenvalue weighted by Gasteiger charge is 2.22. The van der Waals surface area contributed by atoms with Crippen LogP contribution in [-0.2, 0) is 19.3 Å². The minimum absolute atomic E-state index is 0.429. The normalized spacial score (nSPS) is 18.5. The topological polar surface area (TPSA) is 12.0 Å². The van der Waals surface area contributed by atoms with Gasteiger partial charge in [0.05, 0.1) is 0 Å². The largest absolute Gasteiger partial charge is 0.311 e. The third kappa shape index (κ3) is 3.79. The number of fused-ring (bicyclic) bond motifs is 1. The highest BCUT2D eigenvalue weighted by Crippen LogP contribution is 2.25. The zero-order valence-electron chi connectivity index (χ0n) is 12.1. The molecule has 0 saturated carbocycles. The van der Waals surface area contributed by atoms with Crippen LogP contribution in [0.2, 0.25) is 10.0 Å². The minimum atomic E-state index is 0.429. The van der Waals surface area contributed by atoms with E-state index in [9.17, 15) is 0 Å². The van der Waals surface area contributed by atoms with E-state index in [-0.39, 0.29) is 0 Å². The fraction of sp³-hybridized carbons (Fsp3) is 0.333. The first-order valence-corrected chi connectivity index (χ1v) is 8.13. The van der Waals surface area contributed by atoms with Crippen LogP contribution in [0.1, 0.15) is 23.6 Å². The Morgan fingerprint density at radius 2 is 1.81 bits per heavy atom. The average molecular weight is 320 g/mol. The molecule has 0 heterocycles. The summed E-state index contributed by atoms with van der Waals surface area (Å²) in [4.78, 5) is 0. The van der Waals surface area contributed by atoms with Gasteiger partial charge in [-0.1, -0.05) is 41.4 Å². The summed E-state index contributed by atoms with van der Waals surface area (Å²) in [7, 11) is 0. The number of rotatable bonds is 4. The molecule has 0 aliphatic heterocycles. The summed E-state index contributed by atoms with van der Waals surface area (Å²) < 4.78 is 0. The summed E-state index contributed by atoms with van der Waals surface area (Å²) in [5.41, 5.74) is 4.09. The number of hydrogen-bond acceptors (Lipinski definition) is 1. The van der Waals surface area contributed by atoms with Gasteiger partial charge in [-0.3, -0.25) is 0 Å². The molecule has 2 aromatic carbocycles. The van der Waals surface area contributed by atoms with Gasteiger partial charge < -0.3 is 5.32 Å². The molecule has 0 amide bonds. The van der Waals surface area contributed by atoms with Crippen LogP contribution in [0, 0.1) is 0 Å². The number of benzene rings is 2. The van der Waals surface area contributed by atoms with Crippen LogP contribution in [0.4, 0.5) is 0 Å². The van der Waals surface area contributed by atoms with E-state index >= 15 is 0 Å². The van der Waals surface area contributed by atoms with Crippen molar-refractivity contribution in [2.24, 2.45) is 0 Å². The molecule has 3 heteroatoms. The quantitative estimate of drug-likeness (QED) is 0.862. The lowest BCUT2D eigenvalue weighted by Crippen LogP contribution is -2.38. The molecule has 0 saturated heterocycles. The Hall–Kier alpha value is -1.02. The fourth-order valence-electron chi connectivity index (χ4n) is 3.18. The van der Waals surface area contributed by atoms with Crippen molar-refractivity contribution in [2.75, 3.05) is 0 Å². The second kappa shape index (κ2) is 6.39. The second-order valence-electron chi connectivity index (χ2n) is 5.92. The van der Waals surface area contributed by atoms with Gasteiger partial charge >= 0.3 is 0 Å². The SMILES string of the molecule is CC(Cc1cccc(Cl)c1)NC1Cc2ccc(Cl)cc2C1. The second-order valence-corrected chi connectivity index (χ2v) is 6.79. The summed E-state index contributed by atoms with van der Waals surface area (Å²) in [5, 5.41) is 5.37. The Bertz CT molecular complexity index is 639. The summed E-state index contributed by atoms with van der Waals surface area (Å²) >= 11 is 12.1. The molecule has 0 aromatic heterocycles. The van der Waals surface area contributed by atoms with Crippen molar-refractivity contribution in [1.82, 2.24) is 5.32 Å². The van der Waals surface area contributed by atoms with E-state index in [2.05, 4.69) is 30.4 Å². The standard InChI is InChI=1S/C18H19Cl2N/c1-12(7-13-3-2-4-16(19)8-13)21-18-10-14-5-6-17(20)9-15(14)11-18/h2-6,8-9,12,18,21H,7,10-11H2,1H3. The predicted octanol–water partition coefficient (Wildman–Crippen LogP) is 4.68. The molecule has 0 spiro atoms. The molecule has 1 N–H and O–H groups in total. The van der Waals surface area contributed by atoms with Gasteiger partial charge in [0, 0.05) is 22.1 Å². The van der Waals surface area contributed by atoms with E-state index in [1.807, 2.05) is 24.3 Å². The van der Waals surface area contributed by atoms with Crippen LogP contribution >= 0.6 is 23.2 Å². The maximum atomic E-state index is 6.07. The van der Waals surface area contributed by atoms with Crippen molar-refractivity contribution >= 4 is 23.2 Å². The molecule has 0 bridgehead atoms. The van der Waals surface area contributed by atoms with Crippen molar-refractivity contribution in [3.8, 4) is 0 Å². The van der Waals surface area contributed by atoms with Gasteiger partial charge in [0.25, 0.3) is 0 Å². The van der Waals surface area contributed by atoms with E-state index in [1.54, 1.807) is 0 Å². The van der Waals surface area contributed by atoms with E-state index in [0.717, 1.165) is 29.3 Å². The van der Waals surface area contributed by atoms with Gasteiger partial charge in [-0.15, -0.1) is 0 Å². The molecule has 2 aromatic rings. The third-order valence-corrected chi connectivity index (χ3v) is 4.52. The van der Waals surface area contributed by atoms with Crippen LogP contribution in [0.25, 0.3) is 0 Å². The minimum Gasteiger partial charge on any atom is -0.311 e. The monoisotopic (exact) mass is 319 g/mol. The van der Waals surface area contributed by atoms with Crippen molar-refractivity contribution in [2.45, 2.75) is 38.3 Å². The molecular formula is C18H19Cl2N. The maximum absolute atomic E-state index is 6.07. The van der Waals surface area contributed by atoms with Crippen molar-refractivity contribution in [3.63, 3.8) is 0 Å². The molecule has 1 aliphatic rings. The Balaban J connectivity index is 1.58. The van der Waals surface area contributed by atoms with Crippen molar-refractivity contribution in [3.05, 3.63) is 69.2 Å². The van der Waals surface area contributed by atoms with Gasteiger partial charge in [0.15, 0.2) is 0 Å². The van der Waals surface area contributed by atoms with Crippen molar-refractivity contribution < 1.29 is 0 Å². The lowest BCUT2D eigenvalue weighted by atomic mass is 10.1. The summed E-state index contributed by atoms with van der Waals surface area (Å²) in [6, 6.07) is 15.3. The van der Waals surface area contributed by atoms with E-state index in [0.29, 0.717) is 12.1 Å². The Morgan fingerprint density at radius 1 is 1.05 bits per heavy atom. The van der Waals surface area contributed by atoms with Crippen LogP contribution in [0.5, 0.6) is 0 Å². The average Bonchev–Trinajstić information content (AvgIpc) is 2.79. The highest BCUT2D eigenvalue weighted by atomic mass is 35.5. The third-order valence-electron chi connectivity index (χ3n) is 4.05. The smallest absolute Gasteiger partial charge is 0.0408 e. The highest BCUT2D eigenvalue weighted by molar-refractivity contribution is 6.30. The summed E-state index contributed by atoms with van der Waals surface area (Å²) in [6.07, 6.45) is 3.15. The molecule has 1 nitrogen and oxygen atoms in total. The molecule has 2 atom stereocenters. The fourth-order valence-corrected chi connectivity index (χ4v) is 3.59. The molecule has 1 aliphatic carbocycles. The molecular weight excluding hydrogens is 301 g/mol. The van der Waals surface area contributed by atoms with E-state index in [1.165, 1.54) is 16.7 Å². The van der Waals surface area contributed by atoms with Gasteiger partial charge in [0.1, 0.15) is 0 Å². The maximum Gasteiger partial charge on any atom is 0.0408 e. The first-order chi connectivity index (χ1) is 10.1. The van der Waals surface area contributed by atoms with Gasteiger partial charge in [-0.25, -0.2) is 0 Å². The Kier molecular flexibility index (Phi) is 4.54. The lowest BCUT2D eigenvalue weighted by Gasteiger charge is -2.19. The summed E-state index contributed by atoms with van der Waals surface area (Å²) in [6.45, 7) is 2.23. The first-order valence-electron chi connectivity index (χ1n) is 7.38. The Labute approximate surface area is 136 Å². The van der Waals surface area contributed by atoms with Crippen molar-refractivity contribution in [1.29, 1.82) is 0 Å². The number of hydrogen-bond donors (Lipinski definition) is 1. The molecule has 110 valence electrons.